The number of rotatable bonds is 3. The summed E-state index contributed by atoms with van der Waals surface area (Å²) >= 11 is 0. The molecular weight excluding hydrogens is 272 g/mol. The monoisotopic (exact) mass is 285 g/mol. The summed E-state index contributed by atoms with van der Waals surface area (Å²) in [7, 11) is 0. The minimum Gasteiger partial charge on any atom is -0.340 e. The van der Waals surface area contributed by atoms with Gasteiger partial charge in [-0.3, -0.25) is 4.79 Å². The highest BCUT2D eigenvalue weighted by atomic mass is 19.1. The van der Waals surface area contributed by atoms with Gasteiger partial charge in [-0.15, -0.1) is 0 Å². The number of hydrogen-bond acceptors (Lipinski definition) is 1. The van der Waals surface area contributed by atoms with Crippen LogP contribution in [0.15, 0.2) is 48.7 Å². The highest BCUT2D eigenvalue weighted by Gasteiger charge is 2.14. The molecule has 2 aromatic carbocycles. The summed E-state index contributed by atoms with van der Waals surface area (Å²) in [5.41, 5.74) is 1.96. The summed E-state index contributed by atoms with van der Waals surface area (Å²) in [5.74, 6) is -1.90. The molecule has 0 spiro atoms. The first-order valence-corrected chi connectivity index (χ1v) is 6.58. The molecule has 0 aliphatic rings. The van der Waals surface area contributed by atoms with E-state index >= 15 is 0 Å². The first-order valence-electron chi connectivity index (χ1n) is 6.58. The van der Waals surface area contributed by atoms with E-state index in [1.165, 1.54) is 6.07 Å². The van der Waals surface area contributed by atoms with E-state index in [9.17, 15) is 13.6 Å². The lowest BCUT2D eigenvalue weighted by Crippen LogP contribution is -2.11. The fourth-order valence-corrected chi connectivity index (χ4v) is 2.41. The Labute approximate surface area is 120 Å². The highest BCUT2D eigenvalue weighted by molar-refractivity contribution is 5.97. The Balaban J connectivity index is 1.93. The molecule has 0 aliphatic heterocycles. The predicted octanol–water partition coefficient (Wildman–Crippen LogP) is 4.11. The molecular formula is C17H13F2NO. The van der Waals surface area contributed by atoms with Crippen LogP contribution in [0.3, 0.4) is 0 Å². The molecule has 0 fully saturated rings. The normalized spacial score (nSPS) is 11.0. The summed E-state index contributed by atoms with van der Waals surface area (Å²) in [4.78, 5) is 12.2. The molecule has 0 radical (unpaired) electrons. The van der Waals surface area contributed by atoms with Crippen LogP contribution in [-0.4, -0.2) is 10.4 Å². The van der Waals surface area contributed by atoms with Gasteiger partial charge in [0, 0.05) is 17.8 Å². The van der Waals surface area contributed by atoms with Crippen LogP contribution in [-0.2, 0) is 6.54 Å². The van der Waals surface area contributed by atoms with Crippen LogP contribution < -0.4 is 0 Å². The fraction of sp³-hybridized carbons (Fsp3) is 0.118. The van der Waals surface area contributed by atoms with Crippen LogP contribution in [0.2, 0.25) is 0 Å². The molecule has 4 heteroatoms. The molecule has 0 bridgehead atoms. The van der Waals surface area contributed by atoms with Gasteiger partial charge < -0.3 is 4.57 Å². The summed E-state index contributed by atoms with van der Waals surface area (Å²) in [6.07, 6.45) is 1.80. The Morgan fingerprint density at radius 3 is 2.67 bits per heavy atom. The Kier molecular flexibility index (Phi) is 3.29. The van der Waals surface area contributed by atoms with Crippen molar-refractivity contribution in [3.05, 3.63) is 71.4 Å². The van der Waals surface area contributed by atoms with Crippen molar-refractivity contribution in [2.75, 3.05) is 0 Å². The molecule has 3 aromatic rings. The van der Waals surface area contributed by atoms with Crippen molar-refractivity contribution in [2.24, 2.45) is 0 Å². The maximum absolute atomic E-state index is 13.6. The predicted molar refractivity (Wildman–Crippen MR) is 77.4 cm³/mol. The quantitative estimate of drug-likeness (QED) is 0.664. The van der Waals surface area contributed by atoms with Gasteiger partial charge >= 0.3 is 0 Å². The number of nitrogens with zero attached hydrogens (tertiary/aromatic N) is 1. The van der Waals surface area contributed by atoms with Gasteiger partial charge in [0.05, 0.1) is 12.1 Å². The average molecular weight is 285 g/mol. The molecule has 0 atom stereocenters. The zero-order valence-electron chi connectivity index (χ0n) is 11.4. The van der Waals surface area contributed by atoms with E-state index in [0.29, 0.717) is 0 Å². The molecule has 1 heterocycles. The number of hydrogen-bond donors (Lipinski definition) is 0. The highest BCUT2D eigenvalue weighted by Crippen LogP contribution is 2.19. The number of carbonyl (C=O) groups is 1. The number of ketones is 1. The van der Waals surface area contributed by atoms with Crippen molar-refractivity contribution in [1.29, 1.82) is 0 Å². The fourth-order valence-electron chi connectivity index (χ4n) is 2.41. The lowest BCUT2D eigenvalue weighted by molar-refractivity contribution is 0.0969. The summed E-state index contributed by atoms with van der Waals surface area (Å²) < 4.78 is 28.3. The minimum absolute atomic E-state index is 0.0229. The molecule has 21 heavy (non-hydrogen) atoms. The Morgan fingerprint density at radius 1 is 1.10 bits per heavy atom. The number of aromatic nitrogens is 1. The van der Waals surface area contributed by atoms with Crippen LogP contribution in [0.4, 0.5) is 8.78 Å². The topological polar surface area (TPSA) is 22.0 Å². The van der Waals surface area contributed by atoms with Gasteiger partial charge in [-0.05, 0) is 42.6 Å². The van der Waals surface area contributed by atoms with Crippen molar-refractivity contribution in [3.8, 4) is 0 Å². The van der Waals surface area contributed by atoms with Crippen molar-refractivity contribution in [2.45, 2.75) is 13.5 Å². The van der Waals surface area contributed by atoms with Crippen LogP contribution in [0.1, 0.15) is 15.9 Å². The summed E-state index contributed by atoms with van der Waals surface area (Å²) in [5, 5.41) is 1.03. The number of Topliss-reactive ketones (excluding diaryl/α,β-unsaturated/α-hetero) is 1. The molecule has 0 saturated carbocycles. The van der Waals surface area contributed by atoms with Gasteiger partial charge in [0.15, 0.2) is 5.78 Å². The van der Waals surface area contributed by atoms with Gasteiger partial charge in [-0.25, -0.2) is 8.78 Å². The number of aryl methyl sites for hydroxylation is 1. The molecule has 2 nitrogen and oxygen atoms in total. The first-order chi connectivity index (χ1) is 10.0. The SMILES string of the molecule is Cc1ccc2c(ccn2CC(=O)c2ccc(F)cc2F)c1. The van der Waals surface area contributed by atoms with E-state index in [1.807, 2.05) is 31.2 Å². The maximum Gasteiger partial charge on any atom is 0.185 e. The Hall–Kier alpha value is -2.49. The maximum atomic E-state index is 13.6. The van der Waals surface area contributed by atoms with Gasteiger partial charge in [0.1, 0.15) is 11.6 Å². The van der Waals surface area contributed by atoms with Crippen LogP contribution >= 0.6 is 0 Å². The molecule has 1 aromatic heterocycles. The third kappa shape index (κ3) is 2.57. The smallest absolute Gasteiger partial charge is 0.185 e. The molecule has 0 saturated heterocycles. The number of benzene rings is 2. The van der Waals surface area contributed by atoms with Gasteiger partial charge in [-0.2, -0.15) is 0 Å². The molecule has 0 aliphatic carbocycles. The molecule has 0 unspecified atom stereocenters. The van der Waals surface area contributed by atoms with E-state index in [0.717, 1.165) is 28.6 Å². The Morgan fingerprint density at radius 2 is 1.90 bits per heavy atom. The van der Waals surface area contributed by atoms with Gasteiger partial charge in [0.2, 0.25) is 0 Å². The van der Waals surface area contributed by atoms with Crippen LogP contribution in [0.5, 0.6) is 0 Å². The standard InChI is InChI=1S/C17H13F2NO/c1-11-2-5-16-12(8-11)6-7-20(16)10-17(21)14-4-3-13(18)9-15(14)19/h2-9H,10H2,1H3. The van der Waals surface area contributed by atoms with E-state index in [4.69, 9.17) is 0 Å². The van der Waals surface area contributed by atoms with Crippen LogP contribution in [0.25, 0.3) is 10.9 Å². The molecule has 106 valence electrons. The third-order valence-corrected chi connectivity index (χ3v) is 3.47. The third-order valence-electron chi connectivity index (χ3n) is 3.47. The summed E-state index contributed by atoms with van der Waals surface area (Å²) in [6.45, 7) is 2.02. The zero-order valence-corrected chi connectivity index (χ0v) is 11.4. The average Bonchev–Trinajstić information content (AvgIpc) is 2.80. The Bertz CT molecular complexity index is 836. The number of halogens is 2. The van der Waals surface area contributed by atoms with E-state index in [2.05, 4.69) is 0 Å². The second-order valence-electron chi connectivity index (χ2n) is 5.05. The van der Waals surface area contributed by atoms with E-state index < -0.39 is 11.6 Å². The largest absolute Gasteiger partial charge is 0.340 e. The van der Waals surface area contributed by atoms with Gasteiger partial charge in [-0.1, -0.05) is 11.6 Å². The number of carbonyl (C=O) groups excluding carboxylic acids is 1. The second-order valence-corrected chi connectivity index (χ2v) is 5.05. The van der Waals surface area contributed by atoms with Crippen molar-refractivity contribution < 1.29 is 13.6 Å². The molecule has 0 N–H and O–H groups in total. The number of fused-ring (bicyclic) bond motifs is 1. The lowest BCUT2D eigenvalue weighted by atomic mass is 10.1. The molecule has 3 rings (SSSR count). The lowest BCUT2D eigenvalue weighted by Gasteiger charge is -2.06. The van der Waals surface area contributed by atoms with Crippen molar-refractivity contribution in [3.63, 3.8) is 0 Å². The molecule has 0 amide bonds. The second kappa shape index (κ2) is 5.13. The minimum atomic E-state index is -0.827. The van der Waals surface area contributed by atoms with Crippen molar-refractivity contribution in [1.82, 2.24) is 4.57 Å². The van der Waals surface area contributed by atoms with E-state index in [-0.39, 0.29) is 17.9 Å². The van der Waals surface area contributed by atoms with Gasteiger partial charge in [0.25, 0.3) is 0 Å². The summed E-state index contributed by atoms with van der Waals surface area (Å²) in [6, 6.07) is 10.8. The van der Waals surface area contributed by atoms with Crippen molar-refractivity contribution >= 4 is 16.7 Å². The zero-order chi connectivity index (χ0) is 15.0. The van der Waals surface area contributed by atoms with E-state index in [1.54, 1.807) is 10.8 Å². The van der Waals surface area contributed by atoms with Crippen LogP contribution in [0, 0.1) is 18.6 Å². The first kappa shape index (κ1) is 13.5.